The molecule has 0 fully saturated rings. The number of nitrogens with zero attached hydrogens (tertiary/aromatic N) is 3. The zero-order valence-corrected chi connectivity index (χ0v) is 15.4. The van der Waals surface area contributed by atoms with Crippen LogP contribution in [0.4, 0.5) is 17.2 Å². The monoisotopic (exact) mass is 357 g/mol. The summed E-state index contributed by atoms with van der Waals surface area (Å²) in [5, 5.41) is 15.2. The largest absolute Gasteiger partial charge is 0.339 e. The lowest BCUT2D eigenvalue weighted by Crippen LogP contribution is -2.16. The number of benzene rings is 2. The van der Waals surface area contributed by atoms with E-state index < -0.39 is 0 Å². The second-order valence-corrected chi connectivity index (χ2v) is 6.19. The standard InChI is InChI=1S/C21H19N5O/c1-13-7-6-8-14(2)20(13)26-21(27)18-11-19(24-15(3)23-18)25-17-10-5-4-9-16(17)12-22/h4-11H,1-3H3,(H,26,27)(H,23,24,25). The molecule has 134 valence electrons. The molecule has 0 bridgehead atoms. The van der Waals surface area contributed by atoms with Crippen molar-refractivity contribution in [2.75, 3.05) is 10.6 Å². The second kappa shape index (κ2) is 7.67. The van der Waals surface area contributed by atoms with Crippen LogP contribution in [0.5, 0.6) is 0 Å². The van der Waals surface area contributed by atoms with Gasteiger partial charge in [0.25, 0.3) is 5.91 Å². The number of para-hydroxylation sites is 2. The first-order valence-corrected chi connectivity index (χ1v) is 8.47. The molecule has 0 aliphatic rings. The van der Waals surface area contributed by atoms with E-state index >= 15 is 0 Å². The fourth-order valence-corrected chi connectivity index (χ4v) is 2.76. The van der Waals surface area contributed by atoms with E-state index in [0.717, 1.165) is 16.8 Å². The van der Waals surface area contributed by atoms with Gasteiger partial charge in [0.2, 0.25) is 0 Å². The number of aromatic nitrogens is 2. The van der Waals surface area contributed by atoms with Crippen molar-refractivity contribution in [1.82, 2.24) is 9.97 Å². The summed E-state index contributed by atoms with van der Waals surface area (Å²) in [4.78, 5) is 21.3. The third-order valence-corrected chi connectivity index (χ3v) is 4.10. The number of nitriles is 1. The van der Waals surface area contributed by atoms with E-state index in [1.54, 1.807) is 31.2 Å². The molecule has 0 aliphatic carbocycles. The molecule has 3 rings (SSSR count). The average Bonchev–Trinajstić information content (AvgIpc) is 2.64. The molecule has 0 aliphatic heterocycles. The maximum atomic E-state index is 12.7. The van der Waals surface area contributed by atoms with Crippen molar-refractivity contribution in [1.29, 1.82) is 5.26 Å². The number of carbonyl (C=O) groups excluding carboxylic acids is 1. The summed E-state index contributed by atoms with van der Waals surface area (Å²) in [6.07, 6.45) is 0. The van der Waals surface area contributed by atoms with Gasteiger partial charge in [0.1, 0.15) is 23.4 Å². The molecule has 27 heavy (non-hydrogen) atoms. The molecule has 3 aromatic rings. The van der Waals surface area contributed by atoms with Crippen LogP contribution < -0.4 is 10.6 Å². The van der Waals surface area contributed by atoms with Gasteiger partial charge >= 0.3 is 0 Å². The summed E-state index contributed by atoms with van der Waals surface area (Å²) in [7, 11) is 0. The number of carbonyl (C=O) groups is 1. The maximum Gasteiger partial charge on any atom is 0.274 e. The smallest absolute Gasteiger partial charge is 0.274 e. The van der Waals surface area contributed by atoms with E-state index in [0.29, 0.717) is 22.9 Å². The van der Waals surface area contributed by atoms with Gasteiger partial charge < -0.3 is 10.6 Å². The second-order valence-electron chi connectivity index (χ2n) is 6.19. The van der Waals surface area contributed by atoms with Gasteiger partial charge in [0.05, 0.1) is 11.3 Å². The molecule has 0 saturated carbocycles. The van der Waals surface area contributed by atoms with E-state index in [9.17, 15) is 10.1 Å². The Morgan fingerprint density at radius 1 is 1.00 bits per heavy atom. The Bertz CT molecular complexity index is 1030. The molecule has 6 nitrogen and oxygen atoms in total. The van der Waals surface area contributed by atoms with E-state index in [2.05, 4.69) is 26.7 Å². The third kappa shape index (κ3) is 4.10. The predicted molar refractivity (Wildman–Crippen MR) is 105 cm³/mol. The Balaban J connectivity index is 1.89. The lowest BCUT2D eigenvalue weighted by Gasteiger charge is -2.12. The molecular formula is C21H19N5O. The third-order valence-electron chi connectivity index (χ3n) is 4.10. The minimum Gasteiger partial charge on any atom is -0.339 e. The lowest BCUT2D eigenvalue weighted by atomic mass is 10.1. The number of hydrogen-bond donors (Lipinski definition) is 2. The molecule has 2 aromatic carbocycles. The molecule has 2 N–H and O–H groups in total. The van der Waals surface area contributed by atoms with Crippen LogP contribution in [0, 0.1) is 32.1 Å². The number of rotatable bonds is 4. The van der Waals surface area contributed by atoms with Crippen molar-refractivity contribution >= 4 is 23.1 Å². The first-order chi connectivity index (χ1) is 13.0. The van der Waals surface area contributed by atoms with E-state index in [-0.39, 0.29) is 11.6 Å². The van der Waals surface area contributed by atoms with Crippen LogP contribution in [0.3, 0.4) is 0 Å². The number of nitrogens with one attached hydrogen (secondary N) is 2. The molecule has 6 heteroatoms. The van der Waals surface area contributed by atoms with Gasteiger partial charge in [-0.25, -0.2) is 9.97 Å². The highest BCUT2D eigenvalue weighted by molar-refractivity contribution is 6.04. The van der Waals surface area contributed by atoms with Crippen molar-refractivity contribution < 1.29 is 4.79 Å². The highest BCUT2D eigenvalue weighted by Crippen LogP contribution is 2.22. The van der Waals surface area contributed by atoms with E-state index in [1.165, 1.54) is 0 Å². The molecule has 1 amide bonds. The highest BCUT2D eigenvalue weighted by Gasteiger charge is 2.14. The predicted octanol–water partition coefficient (Wildman–Crippen LogP) is 4.27. The fraction of sp³-hybridized carbons (Fsp3) is 0.143. The van der Waals surface area contributed by atoms with Crippen molar-refractivity contribution in [3.8, 4) is 6.07 Å². The van der Waals surface area contributed by atoms with Crippen LogP contribution >= 0.6 is 0 Å². The number of hydrogen-bond acceptors (Lipinski definition) is 5. The van der Waals surface area contributed by atoms with E-state index in [1.807, 2.05) is 38.1 Å². The molecule has 0 spiro atoms. The fourth-order valence-electron chi connectivity index (χ4n) is 2.76. The Morgan fingerprint density at radius 2 is 1.70 bits per heavy atom. The summed E-state index contributed by atoms with van der Waals surface area (Å²) in [6.45, 7) is 5.61. The summed E-state index contributed by atoms with van der Waals surface area (Å²) < 4.78 is 0. The van der Waals surface area contributed by atoms with Gasteiger partial charge in [-0.15, -0.1) is 0 Å². The van der Waals surface area contributed by atoms with Gasteiger partial charge in [-0.05, 0) is 44.0 Å². The summed E-state index contributed by atoms with van der Waals surface area (Å²) in [6, 6.07) is 16.7. The van der Waals surface area contributed by atoms with Crippen LogP contribution in [0.1, 0.15) is 33.0 Å². The SMILES string of the molecule is Cc1nc(Nc2ccccc2C#N)cc(C(=O)Nc2c(C)cccc2C)n1. The number of anilines is 3. The van der Waals surface area contributed by atoms with Gasteiger partial charge in [0, 0.05) is 11.8 Å². The zero-order valence-electron chi connectivity index (χ0n) is 15.4. The van der Waals surface area contributed by atoms with Gasteiger partial charge in [-0.2, -0.15) is 5.26 Å². The molecule has 0 unspecified atom stereocenters. The topological polar surface area (TPSA) is 90.7 Å². The average molecular weight is 357 g/mol. The van der Waals surface area contributed by atoms with Gasteiger partial charge in [0.15, 0.2) is 0 Å². The first-order valence-electron chi connectivity index (χ1n) is 8.47. The van der Waals surface area contributed by atoms with Crippen molar-refractivity contribution in [3.05, 3.63) is 76.7 Å². The normalized spacial score (nSPS) is 10.1. The van der Waals surface area contributed by atoms with Crippen LogP contribution in [-0.2, 0) is 0 Å². The number of amides is 1. The minimum absolute atomic E-state index is 0.252. The first kappa shape index (κ1) is 18.1. The minimum atomic E-state index is -0.311. The number of aryl methyl sites for hydroxylation is 3. The Kier molecular flexibility index (Phi) is 5.13. The van der Waals surface area contributed by atoms with Gasteiger partial charge in [-0.1, -0.05) is 30.3 Å². The molecular weight excluding hydrogens is 338 g/mol. The summed E-state index contributed by atoms with van der Waals surface area (Å²) in [5.41, 5.74) is 4.12. The highest BCUT2D eigenvalue weighted by atomic mass is 16.1. The molecule has 1 aromatic heterocycles. The summed E-state index contributed by atoms with van der Waals surface area (Å²) in [5.74, 6) is 0.604. The Labute approximate surface area is 157 Å². The molecule has 0 radical (unpaired) electrons. The maximum absolute atomic E-state index is 12.7. The summed E-state index contributed by atoms with van der Waals surface area (Å²) >= 11 is 0. The van der Waals surface area contributed by atoms with E-state index in [4.69, 9.17) is 0 Å². The molecule has 1 heterocycles. The van der Waals surface area contributed by atoms with Crippen molar-refractivity contribution in [2.45, 2.75) is 20.8 Å². The lowest BCUT2D eigenvalue weighted by molar-refractivity contribution is 0.102. The Hall–Kier alpha value is -3.72. The van der Waals surface area contributed by atoms with Crippen LogP contribution in [0.25, 0.3) is 0 Å². The molecule has 0 saturated heterocycles. The zero-order chi connectivity index (χ0) is 19.4. The quantitative estimate of drug-likeness (QED) is 0.728. The van der Waals surface area contributed by atoms with Crippen molar-refractivity contribution in [3.63, 3.8) is 0 Å². The van der Waals surface area contributed by atoms with Crippen LogP contribution in [0.2, 0.25) is 0 Å². The van der Waals surface area contributed by atoms with Crippen LogP contribution in [-0.4, -0.2) is 15.9 Å². The molecule has 0 atom stereocenters. The van der Waals surface area contributed by atoms with Crippen LogP contribution in [0.15, 0.2) is 48.5 Å². The van der Waals surface area contributed by atoms with Crippen molar-refractivity contribution in [2.24, 2.45) is 0 Å². The van der Waals surface area contributed by atoms with Gasteiger partial charge in [-0.3, -0.25) is 4.79 Å². The Morgan fingerprint density at radius 3 is 2.41 bits per heavy atom.